The van der Waals surface area contributed by atoms with E-state index in [2.05, 4.69) is 6.07 Å². The molecule has 0 bridgehead atoms. The lowest BCUT2D eigenvalue weighted by atomic mass is 10.2. The summed E-state index contributed by atoms with van der Waals surface area (Å²) in [6, 6.07) is 15.4. The molecule has 0 aliphatic heterocycles. The van der Waals surface area contributed by atoms with Crippen LogP contribution in [0.15, 0.2) is 52.3 Å². The Morgan fingerprint density at radius 2 is 1.53 bits per heavy atom. The lowest BCUT2D eigenvalue weighted by Crippen LogP contribution is -1.90. The van der Waals surface area contributed by atoms with Crippen molar-refractivity contribution in [2.45, 2.75) is 9.79 Å². The Hall–Kier alpha value is -2.12. The maximum Gasteiger partial charge on any atom is 0.161 e. The first-order valence-corrected chi connectivity index (χ1v) is 6.48. The molecule has 0 saturated carbocycles. The summed E-state index contributed by atoms with van der Waals surface area (Å²) in [6.07, 6.45) is 0. The Morgan fingerprint density at radius 3 is 2.11 bits per heavy atom. The molecule has 2 rings (SSSR count). The molecule has 2 aromatic rings. The number of rotatable bonds is 4. The highest BCUT2D eigenvalue weighted by Gasteiger charge is 2.05. The first kappa shape index (κ1) is 13.3. The molecule has 0 aliphatic rings. The van der Waals surface area contributed by atoms with Gasteiger partial charge in [-0.3, -0.25) is 0 Å². The Balaban J connectivity index is 2.20. The van der Waals surface area contributed by atoms with Gasteiger partial charge in [0, 0.05) is 9.79 Å². The fourth-order valence-corrected chi connectivity index (χ4v) is 2.46. The Morgan fingerprint density at radius 1 is 0.895 bits per heavy atom. The summed E-state index contributed by atoms with van der Waals surface area (Å²) < 4.78 is 10.5. The zero-order valence-electron chi connectivity index (χ0n) is 10.7. The molecule has 3 nitrogen and oxygen atoms in total. The van der Waals surface area contributed by atoms with Crippen molar-refractivity contribution in [2.75, 3.05) is 14.2 Å². The number of benzene rings is 2. The maximum absolute atomic E-state index is 8.76. The van der Waals surface area contributed by atoms with Crippen molar-refractivity contribution in [1.29, 1.82) is 5.26 Å². The second kappa shape index (κ2) is 6.17. The van der Waals surface area contributed by atoms with Crippen molar-refractivity contribution >= 4 is 11.8 Å². The van der Waals surface area contributed by atoms with Crippen LogP contribution in [0.1, 0.15) is 5.56 Å². The predicted molar refractivity (Wildman–Crippen MR) is 74.8 cm³/mol. The zero-order valence-corrected chi connectivity index (χ0v) is 11.5. The van der Waals surface area contributed by atoms with Crippen LogP contribution in [0.25, 0.3) is 0 Å². The third-order valence-electron chi connectivity index (χ3n) is 2.57. The van der Waals surface area contributed by atoms with E-state index in [1.165, 1.54) is 0 Å². The summed E-state index contributed by atoms with van der Waals surface area (Å²) >= 11 is 1.61. The lowest BCUT2D eigenvalue weighted by Gasteiger charge is -2.09. The molecule has 0 fully saturated rings. The normalized spacial score (nSPS) is 9.74. The molecule has 0 aliphatic carbocycles. The fraction of sp³-hybridized carbons (Fsp3) is 0.133. The molecule has 0 saturated heterocycles. The molecular formula is C15H13NO2S. The van der Waals surface area contributed by atoms with Crippen LogP contribution >= 0.6 is 11.8 Å². The van der Waals surface area contributed by atoms with Crippen molar-refractivity contribution in [2.24, 2.45) is 0 Å². The number of methoxy groups -OCH3 is 2. The van der Waals surface area contributed by atoms with Gasteiger partial charge in [0.05, 0.1) is 25.9 Å². The average Bonchev–Trinajstić information content (AvgIpc) is 2.48. The van der Waals surface area contributed by atoms with E-state index in [0.29, 0.717) is 17.1 Å². The zero-order chi connectivity index (χ0) is 13.7. The molecule has 0 atom stereocenters. The van der Waals surface area contributed by atoms with Crippen LogP contribution in [0, 0.1) is 11.3 Å². The van der Waals surface area contributed by atoms with Gasteiger partial charge in [-0.15, -0.1) is 0 Å². The molecule has 0 radical (unpaired) electrons. The summed E-state index contributed by atoms with van der Waals surface area (Å²) in [6.45, 7) is 0. The molecule has 0 N–H and O–H groups in total. The summed E-state index contributed by atoms with van der Waals surface area (Å²) in [5.74, 6) is 1.42. The van der Waals surface area contributed by atoms with Crippen molar-refractivity contribution < 1.29 is 9.47 Å². The van der Waals surface area contributed by atoms with Gasteiger partial charge in [-0.1, -0.05) is 11.8 Å². The highest BCUT2D eigenvalue weighted by atomic mass is 32.2. The van der Waals surface area contributed by atoms with Crippen molar-refractivity contribution in [3.63, 3.8) is 0 Å². The van der Waals surface area contributed by atoms with E-state index in [1.807, 2.05) is 42.5 Å². The number of nitrogens with zero attached hydrogens (tertiary/aromatic N) is 1. The molecule has 0 heterocycles. The quantitative estimate of drug-likeness (QED) is 0.849. The van der Waals surface area contributed by atoms with Crippen LogP contribution in [-0.4, -0.2) is 14.2 Å². The number of hydrogen-bond donors (Lipinski definition) is 0. The highest BCUT2D eigenvalue weighted by molar-refractivity contribution is 7.99. The largest absolute Gasteiger partial charge is 0.493 e. The molecule has 0 unspecified atom stereocenters. The van der Waals surface area contributed by atoms with E-state index in [-0.39, 0.29) is 0 Å². The summed E-state index contributed by atoms with van der Waals surface area (Å²) in [5.41, 5.74) is 0.664. The van der Waals surface area contributed by atoms with Crippen LogP contribution in [-0.2, 0) is 0 Å². The first-order valence-electron chi connectivity index (χ1n) is 5.67. The van der Waals surface area contributed by atoms with Gasteiger partial charge in [0.2, 0.25) is 0 Å². The van der Waals surface area contributed by atoms with Gasteiger partial charge in [-0.05, 0) is 42.5 Å². The van der Waals surface area contributed by atoms with Gasteiger partial charge >= 0.3 is 0 Å². The minimum atomic E-state index is 0.664. The monoisotopic (exact) mass is 271 g/mol. The number of ether oxygens (including phenoxy) is 2. The summed E-state index contributed by atoms with van der Waals surface area (Å²) in [5, 5.41) is 8.76. The van der Waals surface area contributed by atoms with Gasteiger partial charge in [0.25, 0.3) is 0 Å². The van der Waals surface area contributed by atoms with Gasteiger partial charge < -0.3 is 9.47 Å². The van der Waals surface area contributed by atoms with Gasteiger partial charge in [-0.2, -0.15) is 5.26 Å². The molecule has 0 aromatic heterocycles. The van der Waals surface area contributed by atoms with Crippen LogP contribution < -0.4 is 9.47 Å². The molecule has 0 amide bonds. The standard InChI is InChI=1S/C15H13NO2S/c1-17-14-8-7-13(9-15(14)18-2)19-12-5-3-11(10-16)4-6-12/h3-9H,1-2H3. The smallest absolute Gasteiger partial charge is 0.161 e. The third kappa shape index (κ3) is 3.21. The van der Waals surface area contributed by atoms with E-state index in [1.54, 1.807) is 26.0 Å². The van der Waals surface area contributed by atoms with Crippen LogP contribution in [0.5, 0.6) is 11.5 Å². The van der Waals surface area contributed by atoms with Gasteiger partial charge in [-0.25, -0.2) is 0 Å². The molecule has 0 spiro atoms. The van der Waals surface area contributed by atoms with Crippen LogP contribution in [0.2, 0.25) is 0 Å². The van der Waals surface area contributed by atoms with E-state index >= 15 is 0 Å². The van der Waals surface area contributed by atoms with Gasteiger partial charge in [0.15, 0.2) is 11.5 Å². The minimum Gasteiger partial charge on any atom is -0.493 e. The molecular weight excluding hydrogens is 258 g/mol. The molecule has 4 heteroatoms. The van der Waals surface area contributed by atoms with Crippen molar-refractivity contribution in [1.82, 2.24) is 0 Å². The number of nitriles is 1. The van der Waals surface area contributed by atoms with Crippen molar-refractivity contribution in [3.8, 4) is 17.6 Å². The minimum absolute atomic E-state index is 0.664. The highest BCUT2D eigenvalue weighted by Crippen LogP contribution is 2.35. The second-order valence-electron chi connectivity index (χ2n) is 3.76. The van der Waals surface area contributed by atoms with Crippen molar-refractivity contribution in [3.05, 3.63) is 48.0 Å². The van der Waals surface area contributed by atoms with E-state index in [4.69, 9.17) is 14.7 Å². The predicted octanol–water partition coefficient (Wildman–Crippen LogP) is 3.73. The van der Waals surface area contributed by atoms with Crippen LogP contribution in [0.4, 0.5) is 0 Å². The SMILES string of the molecule is COc1ccc(Sc2ccc(C#N)cc2)cc1OC. The molecule has 19 heavy (non-hydrogen) atoms. The van der Waals surface area contributed by atoms with Crippen LogP contribution in [0.3, 0.4) is 0 Å². The molecule has 2 aromatic carbocycles. The molecule has 96 valence electrons. The van der Waals surface area contributed by atoms with E-state index in [9.17, 15) is 0 Å². The van der Waals surface area contributed by atoms with E-state index < -0.39 is 0 Å². The maximum atomic E-state index is 8.76. The lowest BCUT2D eigenvalue weighted by molar-refractivity contribution is 0.354. The first-order chi connectivity index (χ1) is 9.26. The summed E-state index contributed by atoms with van der Waals surface area (Å²) in [7, 11) is 3.24. The number of hydrogen-bond acceptors (Lipinski definition) is 4. The Labute approximate surface area is 116 Å². The Kier molecular flexibility index (Phi) is 4.32. The topological polar surface area (TPSA) is 42.2 Å². The third-order valence-corrected chi connectivity index (χ3v) is 3.57. The Bertz CT molecular complexity index is 603. The van der Waals surface area contributed by atoms with E-state index in [0.717, 1.165) is 9.79 Å². The fourth-order valence-electron chi connectivity index (χ4n) is 1.61. The van der Waals surface area contributed by atoms with Gasteiger partial charge in [0.1, 0.15) is 0 Å². The summed E-state index contributed by atoms with van der Waals surface area (Å²) in [4.78, 5) is 2.13. The average molecular weight is 271 g/mol. The second-order valence-corrected chi connectivity index (χ2v) is 4.90.